The lowest BCUT2D eigenvalue weighted by atomic mass is 10.2. The van der Waals surface area contributed by atoms with Crippen molar-refractivity contribution < 1.29 is 4.74 Å². The second kappa shape index (κ2) is 6.38. The summed E-state index contributed by atoms with van der Waals surface area (Å²) in [5.41, 5.74) is 1.16. The number of likely N-dealkylation sites (N-methyl/N-ethyl adjacent to an activating group) is 1. The number of ether oxygens (including phenoxy) is 1. The van der Waals surface area contributed by atoms with Crippen LogP contribution >= 0.6 is 0 Å². The zero-order valence-corrected chi connectivity index (χ0v) is 7.81. The molecule has 0 saturated carbocycles. The van der Waals surface area contributed by atoms with Crippen LogP contribution in [0.1, 0.15) is 20.3 Å². The maximum absolute atomic E-state index is 5.47. The SMILES string of the molecule is C=C(CC)COC(C)CNC. The molecule has 2 heteroatoms. The molecule has 1 unspecified atom stereocenters. The molecule has 0 bridgehead atoms. The van der Waals surface area contributed by atoms with Crippen molar-refractivity contribution >= 4 is 0 Å². The van der Waals surface area contributed by atoms with Crippen LogP contribution in [0.3, 0.4) is 0 Å². The van der Waals surface area contributed by atoms with Gasteiger partial charge in [0.1, 0.15) is 0 Å². The summed E-state index contributed by atoms with van der Waals surface area (Å²) in [6, 6.07) is 0. The fraction of sp³-hybridized carbons (Fsp3) is 0.778. The third kappa shape index (κ3) is 6.07. The first kappa shape index (κ1) is 10.7. The third-order valence-corrected chi connectivity index (χ3v) is 1.56. The maximum atomic E-state index is 5.47. The van der Waals surface area contributed by atoms with Crippen molar-refractivity contribution in [3.8, 4) is 0 Å². The van der Waals surface area contributed by atoms with Crippen LogP contribution in [0.25, 0.3) is 0 Å². The average Bonchev–Trinajstić information content (AvgIpc) is 2.01. The Balaban J connectivity index is 3.29. The second-order valence-corrected chi connectivity index (χ2v) is 2.78. The average molecular weight is 157 g/mol. The van der Waals surface area contributed by atoms with E-state index in [0.29, 0.717) is 6.61 Å². The highest BCUT2D eigenvalue weighted by Gasteiger charge is 1.99. The fourth-order valence-electron chi connectivity index (χ4n) is 0.709. The van der Waals surface area contributed by atoms with E-state index in [1.807, 2.05) is 7.05 Å². The Hall–Kier alpha value is -0.340. The van der Waals surface area contributed by atoms with Crippen molar-refractivity contribution in [1.29, 1.82) is 0 Å². The monoisotopic (exact) mass is 157 g/mol. The normalized spacial score (nSPS) is 13.0. The van der Waals surface area contributed by atoms with Gasteiger partial charge in [-0.15, -0.1) is 0 Å². The van der Waals surface area contributed by atoms with E-state index < -0.39 is 0 Å². The van der Waals surface area contributed by atoms with Crippen molar-refractivity contribution in [3.63, 3.8) is 0 Å². The molecule has 0 aliphatic heterocycles. The minimum atomic E-state index is 0.281. The van der Waals surface area contributed by atoms with Gasteiger partial charge in [-0.1, -0.05) is 19.1 Å². The van der Waals surface area contributed by atoms with Gasteiger partial charge in [-0.05, 0) is 20.4 Å². The van der Waals surface area contributed by atoms with Crippen molar-refractivity contribution in [2.24, 2.45) is 0 Å². The molecule has 0 spiro atoms. The van der Waals surface area contributed by atoms with Crippen LogP contribution in [-0.2, 0) is 4.74 Å². The van der Waals surface area contributed by atoms with Gasteiger partial charge in [0.2, 0.25) is 0 Å². The molecule has 0 rings (SSSR count). The Kier molecular flexibility index (Phi) is 6.18. The van der Waals surface area contributed by atoms with Gasteiger partial charge in [-0.2, -0.15) is 0 Å². The van der Waals surface area contributed by atoms with Gasteiger partial charge in [0, 0.05) is 6.54 Å². The largest absolute Gasteiger partial charge is 0.373 e. The first-order valence-corrected chi connectivity index (χ1v) is 4.13. The van der Waals surface area contributed by atoms with Gasteiger partial charge in [-0.25, -0.2) is 0 Å². The fourth-order valence-corrected chi connectivity index (χ4v) is 0.709. The predicted molar refractivity (Wildman–Crippen MR) is 48.8 cm³/mol. The quantitative estimate of drug-likeness (QED) is 0.591. The van der Waals surface area contributed by atoms with Gasteiger partial charge in [0.05, 0.1) is 12.7 Å². The van der Waals surface area contributed by atoms with Gasteiger partial charge in [0.25, 0.3) is 0 Å². The van der Waals surface area contributed by atoms with E-state index >= 15 is 0 Å². The lowest BCUT2D eigenvalue weighted by Crippen LogP contribution is -2.24. The summed E-state index contributed by atoms with van der Waals surface area (Å²) < 4.78 is 5.47. The van der Waals surface area contributed by atoms with E-state index in [0.717, 1.165) is 18.5 Å². The van der Waals surface area contributed by atoms with E-state index in [-0.39, 0.29) is 6.10 Å². The van der Waals surface area contributed by atoms with Gasteiger partial charge in [0.15, 0.2) is 0 Å². The van der Waals surface area contributed by atoms with Crippen molar-refractivity contribution in [3.05, 3.63) is 12.2 Å². The van der Waals surface area contributed by atoms with Crippen LogP contribution in [0.2, 0.25) is 0 Å². The van der Waals surface area contributed by atoms with E-state index in [9.17, 15) is 0 Å². The number of nitrogens with one attached hydrogen (secondary N) is 1. The molecule has 0 aliphatic carbocycles. The van der Waals surface area contributed by atoms with Crippen LogP contribution in [-0.4, -0.2) is 26.3 Å². The molecule has 0 fully saturated rings. The van der Waals surface area contributed by atoms with E-state index in [4.69, 9.17) is 4.74 Å². The molecule has 0 radical (unpaired) electrons. The van der Waals surface area contributed by atoms with Gasteiger partial charge in [-0.3, -0.25) is 0 Å². The summed E-state index contributed by atoms with van der Waals surface area (Å²) in [4.78, 5) is 0. The molecule has 0 aromatic carbocycles. The summed E-state index contributed by atoms with van der Waals surface area (Å²) in [7, 11) is 1.93. The number of hydrogen-bond donors (Lipinski definition) is 1. The van der Waals surface area contributed by atoms with Gasteiger partial charge >= 0.3 is 0 Å². The molecule has 2 nitrogen and oxygen atoms in total. The molecular formula is C9H19NO. The Morgan fingerprint density at radius 3 is 2.73 bits per heavy atom. The lowest BCUT2D eigenvalue weighted by molar-refractivity contribution is 0.0836. The highest BCUT2D eigenvalue weighted by atomic mass is 16.5. The molecule has 0 aromatic heterocycles. The van der Waals surface area contributed by atoms with Crippen molar-refractivity contribution in [2.45, 2.75) is 26.4 Å². The van der Waals surface area contributed by atoms with Crippen molar-refractivity contribution in [2.75, 3.05) is 20.2 Å². The molecule has 1 atom stereocenters. The van der Waals surface area contributed by atoms with Crippen LogP contribution in [0.5, 0.6) is 0 Å². The molecule has 66 valence electrons. The van der Waals surface area contributed by atoms with E-state index in [2.05, 4.69) is 25.7 Å². The molecule has 0 aromatic rings. The molecule has 0 aliphatic rings. The highest BCUT2D eigenvalue weighted by Crippen LogP contribution is 1.99. The lowest BCUT2D eigenvalue weighted by Gasteiger charge is -2.12. The molecule has 0 heterocycles. The van der Waals surface area contributed by atoms with E-state index in [1.165, 1.54) is 0 Å². The Labute approximate surface area is 69.6 Å². The standard InChI is InChI=1S/C9H19NO/c1-5-8(2)7-11-9(3)6-10-4/h9-10H,2,5-7H2,1,3-4H3. The molecule has 0 amide bonds. The third-order valence-electron chi connectivity index (χ3n) is 1.56. The first-order chi connectivity index (χ1) is 5.20. The summed E-state index contributed by atoms with van der Waals surface area (Å²) in [5, 5.41) is 3.05. The molecule has 1 N–H and O–H groups in total. The van der Waals surface area contributed by atoms with E-state index in [1.54, 1.807) is 0 Å². The topological polar surface area (TPSA) is 21.3 Å². The molecular weight excluding hydrogens is 138 g/mol. The zero-order valence-electron chi connectivity index (χ0n) is 7.81. The summed E-state index contributed by atoms with van der Waals surface area (Å²) in [5.74, 6) is 0. The van der Waals surface area contributed by atoms with Crippen LogP contribution < -0.4 is 5.32 Å². The van der Waals surface area contributed by atoms with Crippen LogP contribution in [0.15, 0.2) is 12.2 Å². The first-order valence-electron chi connectivity index (χ1n) is 4.13. The predicted octanol–water partition coefficient (Wildman–Crippen LogP) is 1.58. The highest BCUT2D eigenvalue weighted by molar-refractivity contribution is 4.92. The van der Waals surface area contributed by atoms with Gasteiger partial charge < -0.3 is 10.1 Å². The Bertz CT molecular complexity index is 112. The Morgan fingerprint density at radius 1 is 1.64 bits per heavy atom. The molecule has 11 heavy (non-hydrogen) atoms. The Morgan fingerprint density at radius 2 is 2.27 bits per heavy atom. The van der Waals surface area contributed by atoms with Crippen molar-refractivity contribution in [1.82, 2.24) is 5.32 Å². The summed E-state index contributed by atoms with van der Waals surface area (Å²) in [6.07, 6.45) is 1.29. The maximum Gasteiger partial charge on any atom is 0.0678 e. The number of hydrogen-bond acceptors (Lipinski definition) is 2. The minimum absolute atomic E-state index is 0.281. The molecule has 0 saturated heterocycles. The zero-order chi connectivity index (χ0) is 8.69. The minimum Gasteiger partial charge on any atom is -0.373 e. The van der Waals surface area contributed by atoms with Crippen LogP contribution in [0.4, 0.5) is 0 Å². The summed E-state index contributed by atoms with van der Waals surface area (Å²) >= 11 is 0. The second-order valence-electron chi connectivity index (χ2n) is 2.78. The van der Waals surface area contributed by atoms with Crippen LogP contribution in [0, 0.1) is 0 Å². The number of rotatable bonds is 6. The summed E-state index contributed by atoms with van der Waals surface area (Å²) in [6.45, 7) is 9.60. The smallest absolute Gasteiger partial charge is 0.0678 e.